The minimum atomic E-state index is -0.668. The first-order valence-electron chi connectivity index (χ1n) is 5.43. The van der Waals surface area contributed by atoms with Gasteiger partial charge in [-0.05, 0) is 6.42 Å². The third kappa shape index (κ3) is 3.78. The number of nitrogens with one attached hydrogen (secondary N) is 2. The summed E-state index contributed by atoms with van der Waals surface area (Å²) in [7, 11) is 0. The van der Waals surface area contributed by atoms with E-state index in [1.54, 1.807) is 0 Å². The Morgan fingerprint density at radius 1 is 1.53 bits per heavy atom. The summed E-state index contributed by atoms with van der Waals surface area (Å²) in [4.78, 5) is 28.5. The number of rotatable bonds is 5. The van der Waals surface area contributed by atoms with Gasteiger partial charge in [0.2, 0.25) is 17.7 Å². The number of H-pyrrole nitrogens is 1. The summed E-state index contributed by atoms with van der Waals surface area (Å²) in [5, 5.41) is 11.7. The quantitative estimate of drug-likeness (QED) is 0.561. The minimum absolute atomic E-state index is 0.198. The number of hydrogen-bond donors (Lipinski definition) is 4. The molecular weight excluding hydrogens is 224 g/mol. The normalized spacial score (nSPS) is 10.2. The van der Waals surface area contributed by atoms with Crippen molar-refractivity contribution >= 4 is 17.5 Å². The number of aromatic amines is 1. The number of carbonyl (C=O) groups excluding carboxylic acids is 1. The van der Waals surface area contributed by atoms with Gasteiger partial charge in [-0.15, -0.1) is 0 Å². The third-order valence-electron chi connectivity index (χ3n) is 2.19. The van der Waals surface area contributed by atoms with Crippen molar-refractivity contribution in [3.8, 4) is 5.88 Å². The summed E-state index contributed by atoms with van der Waals surface area (Å²) in [5.41, 5.74) is 4.29. The van der Waals surface area contributed by atoms with E-state index in [1.165, 1.54) is 0 Å². The molecule has 0 aliphatic rings. The molecule has 1 heterocycles. The van der Waals surface area contributed by atoms with Crippen LogP contribution in [0.2, 0.25) is 0 Å². The average Bonchev–Trinajstić information content (AvgIpc) is 2.24. The van der Waals surface area contributed by atoms with Gasteiger partial charge in [0.25, 0.3) is 5.56 Å². The van der Waals surface area contributed by atoms with Crippen LogP contribution in [0.1, 0.15) is 32.6 Å². The summed E-state index contributed by atoms with van der Waals surface area (Å²) in [6.07, 6.45) is 2.98. The van der Waals surface area contributed by atoms with Crippen LogP contribution in [0.3, 0.4) is 0 Å². The molecule has 1 rings (SSSR count). The Morgan fingerprint density at radius 3 is 2.82 bits per heavy atom. The number of amides is 1. The lowest BCUT2D eigenvalue weighted by atomic mass is 10.2. The van der Waals surface area contributed by atoms with Crippen LogP contribution in [0.25, 0.3) is 0 Å². The van der Waals surface area contributed by atoms with E-state index in [2.05, 4.69) is 15.3 Å². The largest absolute Gasteiger partial charge is 0.492 e. The van der Waals surface area contributed by atoms with Crippen LogP contribution in [-0.4, -0.2) is 21.0 Å². The van der Waals surface area contributed by atoms with E-state index >= 15 is 0 Å². The SMILES string of the molecule is CCCCCC(=O)Nc1c(O)nc(N)[nH]c1=O. The third-order valence-corrected chi connectivity index (χ3v) is 2.19. The molecule has 5 N–H and O–H groups in total. The molecule has 0 fully saturated rings. The highest BCUT2D eigenvalue weighted by molar-refractivity contribution is 5.91. The fourth-order valence-corrected chi connectivity index (χ4v) is 1.33. The first-order chi connectivity index (χ1) is 8.04. The lowest BCUT2D eigenvalue weighted by Crippen LogP contribution is -2.21. The van der Waals surface area contributed by atoms with Gasteiger partial charge in [0.15, 0.2) is 5.69 Å². The number of anilines is 2. The number of nitrogen functional groups attached to an aromatic ring is 1. The fraction of sp³-hybridized carbons (Fsp3) is 0.500. The molecule has 0 aromatic carbocycles. The van der Waals surface area contributed by atoms with Crippen LogP contribution < -0.4 is 16.6 Å². The van der Waals surface area contributed by atoms with Gasteiger partial charge in [0.1, 0.15) is 0 Å². The van der Waals surface area contributed by atoms with E-state index in [0.29, 0.717) is 6.42 Å². The van der Waals surface area contributed by atoms with E-state index in [-0.39, 0.29) is 17.5 Å². The Morgan fingerprint density at radius 2 is 2.24 bits per heavy atom. The number of hydrogen-bond acceptors (Lipinski definition) is 5. The second kappa shape index (κ2) is 5.88. The van der Waals surface area contributed by atoms with E-state index in [0.717, 1.165) is 19.3 Å². The highest BCUT2D eigenvalue weighted by atomic mass is 16.3. The smallest absolute Gasteiger partial charge is 0.280 e. The minimum Gasteiger partial charge on any atom is -0.492 e. The molecule has 7 heteroatoms. The number of aromatic nitrogens is 2. The molecule has 0 saturated carbocycles. The second-order valence-electron chi connectivity index (χ2n) is 3.66. The molecule has 7 nitrogen and oxygen atoms in total. The van der Waals surface area contributed by atoms with E-state index < -0.39 is 11.4 Å². The number of aromatic hydroxyl groups is 1. The molecule has 94 valence electrons. The van der Waals surface area contributed by atoms with Crippen LogP contribution in [-0.2, 0) is 4.79 Å². The summed E-state index contributed by atoms with van der Waals surface area (Å²) < 4.78 is 0. The maximum absolute atomic E-state index is 11.4. The highest BCUT2D eigenvalue weighted by Gasteiger charge is 2.12. The van der Waals surface area contributed by atoms with E-state index in [9.17, 15) is 14.7 Å². The van der Waals surface area contributed by atoms with Gasteiger partial charge in [-0.2, -0.15) is 4.98 Å². The van der Waals surface area contributed by atoms with E-state index in [4.69, 9.17) is 5.73 Å². The Labute approximate surface area is 98.1 Å². The first-order valence-corrected chi connectivity index (χ1v) is 5.43. The molecular formula is C10H16N4O3. The molecule has 0 saturated heterocycles. The molecule has 0 spiro atoms. The van der Waals surface area contributed by atoms with Gasteiger partial charge in [0.05, 0.1) is 0 Å². The van der Waals surface area contributed by atoms with Gasteiger partial charge in [-0.3, -0.25) is 14.6 Å². The fourth-order valence-electron chi connectivity index (χ4n) is 1.33. The maximum atomic E-state index is 11.4. The van der Waals surface area contributed by atoms with Crippen molar-refractivity contribution in [1.82, 2.24) is 9.97 Å². The number of nitrogens with two attached hydrogens (primary N) is 1. The van der Waals surface area contributed by atoms with Crippen LogP contribution in [0.4, 0.5) is 11.6 Å². The number of nitrogens with zero attached hydrogens (tertiary/aromatic N) is 1. The topological polar surface area (TPSA) is 121 Å². The summed E-state index contributed by atoms with van der Waals surface area (Å²) >= 11 is 0. The van der Waals surface area contributed by atoms with Crippen molar-refractivity contribution in [2.45, 2.75) is 32.6 Å². The van der Waals surface area contributed by atoms with Crippen LogP contribution in [0, 0.1) is 0 Å². The molecule has 1 aromatic rings. The van der Waals surface area contributed by atoms with Gasteiger partial charge in [-0.25, -0.2) is 0 Å². The first kappa shape index (κ1) is 13.0. The van der Waals surface area contributed by atoms with Crippen molar-refractivity contribution in [1.29, 1.82) is 0 Å². The molecule has 17 heavy (non-hydrogen) atoms. The van der Waals surface area contributed by atoms with Crippen molar-refractivity contribution in [3.05, 3.63) is 10.4 Å². The van der Waals surface area contributed by atoms with Crippen molar-refractivity contribution in [3.63, 3.8) is 0 Å². The number of unbranched alkanes of at least 4 members (excludes halogenated alkanes) is 2. The predicted molar refractivity (Wildman–Crippen MR) is 63.7 cm³/mol. The zero-order valence-electron chi connectivity index (χ0n) is 9.62. The summed E-state index contributed by atoms with van der Waals surface area (Å²) in [6, 6.07) is 0. The Kier molecular flexibility index (Phi) is 4.50. The predicted octanol–water partition coefficient (Wildman–Crippen LogP) is 0.577. The summed E-state index contributed by atoms with van der Waals surface area (Å²) in [5.74, 6) is -1.10. The lowest BCUT2D eigenvalue weighted by molar-refractivity contribution is -0.116. The van der Waals surface area contributed by atoms with Gasteiger partial charge >= 0.3 is 0 Å². The molecule has 0 aliphatic heterocycles. The van der Waals surface area contributed by atoms with Crippen molar-refractivity contribution < 1.29 is 9.90 Å². The molecule has 0 radical (unpaired) electrons. The van der Waals surface area contributed by atoms with Gasteiger partial charge < -0.3 is 16.2 Å². The zero-order valence-corrected chi connectivity index (χ0v) is 9.62. The Balaban J connectivity index is 2.69. The second-order valence-corrected chi connectivity index (χ2v) is 3.66. The highest BCUT2D eigenvalue weighted by Crippen LogP contribution is 2.15. The van der Waals surface area contributed by atoms with E-state index in [1.807, 2.05) is 6.92 Å². The van der Waals surface area contributed by atoms with Crippen LogP contribution in [0.5, 0.6) is 5.88 Å². The molecule has 0 atom stereocenters. The molecule has 0 bridgehead atoms. The molecule has 1 amide bonds. The molecule has 1 aromatic heterocycles. The maximum Gasteiger partial charge on any atom is 0.280 e. The number of carbonyl (C=O) groups is 1. The Bertz CT molecular complexity index is 455. The summed E-state index contributed by atoms with van der Waals surface area (Å²) in [6.45, 7) is 2.03. The standard InChI is InChI=1S/C10H16N4O3/c1-2-3-4-5-6(15)12-7-8(16)13-10(11)14-9(7)17/h2-5H2,1H3,(H,12,15)(H4,11,13,14,16,17). The molecule has 0 unspecified atom stereocenters. The van der Waals surface area contributed by atoms with Crippen molar-refractivity contribution in [2.75, 3.05) is 11.1 Å². The van der Waals surface area contributed by atoms with Gasteiger partial charge in [-0.1, -0.05) is 19.8 Å². The monoisotopic (exact) mass is 240 g/mol. The van der Waals surface area contributed by atoms with Crippen molar-refractivity contribution in [2.24, 2.45) is 0 Å². The molecule has 0 aliphatic carbocycles. The lowest BCUT2D eigenvalue weighted by Gasteiger charge is -2.05. The zero-order chi connectivity index (χ0) is 12.8. The van der Waals surface area contributed by atoms with Gasteiger partial charge in [0, 0.05) is 6.42 Å². The van der Waals surface area contributed by atoms with Crippen LogP contribution >= 0.6 is 0 Å². The Hall–Kier alpha value is -2.05. The van der Waals surface area contributed by atoms with Crippen LogP contribution in [0.15, 0.2) is 4.79 Å². The average molecular weight is 240 g/mol.